The Kier molecular flexibility index (Phi) is 12.7. The predicted molar refractivity (Wildman–Crippen MR) is 73.2 cm³/mol. The van der Waals surface area contributed by atoms with Crippen LogP contribution in [0.3, 0.4) is 0 Å². The molecule has 1 N–H and O–H groups in total. The fourth-order valence-electron chi connectivity index (χ4n) is 1.84. The molecular formula is C15H28O2. The zero-order chi connectivity index (χ0) is 12.8. The van der Waals surface area contributed by atoms with Crippen molar-refractivity contribution in [1.82, 2.24) is 0 Å². The molecule has 0 unspecified atom stereocenters. The molecule has 0 spiro atoms. The van der Waals surface area contributed by atoms with Crippen LogP contribution in [-0.4, -0.2) is 11.1 Å². The van der Waals surface area contributed by atoms with Crippen LogP contribution in [0.1, 0.15) is 77.6 Å². The van der Waals surface area contributed by atoms with Gasteiger partial charge in [-0.3, -0.25) is 4.79 Å². The van der Waals surface area contributed by atoms with Crippen LogP contribution in [0.25, 0.3) is 0 Å². The molecule has 0 aromatic carbocycles. The third kappa shape index (κ3) is 15.2. The lowest BCUT2D eigenvalue weighted by molar-refractivity contribution is -0.136. The molecule has 2 nitrogen and oxygen atoms in total. The number of hydrogen-bond acceptors (Lipinski definition) is 1. The minimum Gasteiger partial charge on any atom is -0.481 e. The smallest absolute Gasteiger partial charge is 0.303 e. The van der Waals surface area contributed by atoms with E-state index in [1.54, 1.807) is 0 Å². The molecule has 0 radical (unpaired) electrons. The van der Waals surface area contributed by atoms with E-state index in [1.807, 2.05) is 6.08 Å². The average Bonchev–Trinajstić information content (AvgIpc) is 2.30. The number of allylic oxidation sites excluding steroid dienone is 2. The Morgan fingerprint density at radius 3 is 2.00 bits per heavy atom. The average molecular weight is 240 g/mol. The van der Waals surface area contributed by atoms with E-state index in [1.165, 1.54) is 51.4 Å². The summed E-state index contributed by atoms with van der Waals surface area (Å²) >= 11 is 0. The number of rotatable bonds is 12. The molecule has 17 heavy (non-hydrogen) atoms. The van der Waals surface area contributed by atoms with Gasteiger partial charge >= 0.3 is 5.97 Å². The maximum atomic E-state index is 10.2. The number of carbonyl (C=O) groups is 1. The molecule has 0 aliphatic rings. The lowest BCUT2D eigenvalue weighted by Gasteiger charge is -1.99. The molecule has 0 aliphatic carbocycles. The van der Waals surface area contributed by atoms with Gasteiger partial charge in [-0.05, 0) is 19.3 Å². The molecule has 0 rings (SSSR count). The molecule has 0 amide bonds. The maximum Gasteiger partial charge on any atom is 0.303 e. The van der Waals surface area contributed by atoms with Gasteiger partial charge in [-0.2, -0.15) is 0 Å². The summed E-state index contributed by atoms with van der Waals surface area (Å²) in [4.78, 5) is 10.2. The molecule has 0 aromatic heterocycles. The summed E-state index contributed by atoms with van der Waals surface area (Å²) in [6.45, 7) is 2.25. The molecule has 0 aromatic rings. The Balaban J connectivity index is 3.05. The van der Waals surface area contributed by atoms with Gasteiger partial charge in [-0.25, -0.2) is 0 Å². The van der Waals surface area contributed by atoms with E-state index in [2.05, 4.69) is 13.0 Å². The van der Waals surface area contributed by atoms with Crippen LogP contribution in [0.5, 0.6) is 0 Å². The van der Waals surface area contributed by atoms with E-state index >= 15 is 0 Å². The lowest BCUT2D eigenvalue weighted by atomic mass is 10.1. The zero-order valence-corrected chi connectivity index (χ0v) is 11.3. The summed E-state index contributed by atoms with van der Waals surface area (Å²) in [5, 5.41) is 8.44. The number of hydrogen-bond donors (Lipinski definition) is 1. The molecule has 0 saturated heterocycles. The van der Waals surface area contributed by atoms with Crippen molar-refractivity contribution in [2.24, 2.45) is 0 Å². The van der Waals surface area contributed by atoms with Crippen LogP contribution in [0, 0.1) is 0 Å². The highest BCUT2D eigenvalue weighted by atomic mass is 16.4. The number of carboxylic acid groups (broad SMARTS) is 1. The maximum absolute atomic E-state index is 10.2. The quantitative estimate of drug-likeness (QED) is 0.387. The van der Waals surface area contributed by atoms with Crippen LogP contribution in [0.4, 0.5) is 0 Å². The van der Waals surface area contributed by atoms with E-state index in [-0.39, 0.29) is 6.42 Å². The SMILES string of the molecule is CCCCCCCCCC/C=C/CCC(=O)O. The van der Waals surface area contributed by atoms with Crippen LogP contribution in [0.15, 0.2) is 12.2 Å². The molecule has 0 atom stereocenters. The third-order valence-corrected chi connectivity index (χ3v) is 2.92. The van der Waals surface area contributed by atoms with Gasteiger partial charge in [0.05, 0.1) is 0 Å². The first-order valence-electron chi connectivity index (χ1n) is 7.14. The second-order valence-corrected chi connectivity index (χ2v) is 4.67. The largest absolute Gasteiger partial charge is 0.481 e. The first kappa shape index (κ1) is 16.2. The molecule has 0 aliphatic heterocycles. The predicted octanol–water partition coefficient (Wildman–Crippen LogP) is 4.94. The van der Waals surface area contributed by atoms with E-state index in [0.29, 0.717) is 6.42 Å². The Morgan fingerprint density at radius 1 is 0.882 bits per heavy atom. The summed E-state index contributed by atoms with van der Waals surface area (Å²) in [7, 11) is 0. The summed E-state index contributed by atoms with van der Waals surface area (Å²) in [6.07, 6.45) is 16.9. The van der Waals surface area contributed by atoms with Crippen molar-refractivity contribution >= 4 is 5.97 Å². The summed E-state index contributed by atoms with van der Waals surface area (Å²) in [5.41, 5.74) is 0. The van der Waals surface area contributed by atoms with Gasteiger partial charge in [0.25, 0.3) is 0 Å². The molecule has 0 saturated carbocycles. The minimum absolute atomic E-state index is 0.258. The van der Waals surface area contributed by atoms with Gasteiger partial charge in [-0.15, -0.1) is 0 Å². The summed E-state index contributed by atoms with van der Waals surface area (Å²) < 4.78 is 0. The van der Waals surface area contributed by atoms with E-state index in [9.17, 15) is 4.79 Å². The second-order valence-electron chi connectivity index (χ2n) is 4.67. The van der Waals surface area contributed by atoms with Crippen molar-refractivity contribution in [3.63, 3.8) is 0 Å². The molecule has 0 heterocycles. The van der Waals surface area contributed by atoms with E-state index in [0.717, 1.165) is 6.42 Å². The summed E-state index contributed by atoms with van der Waals surface area (Å²) in [5.74, 6) is -0.707. The van der Waals surface area contributed by atoms with Crippen molar-refractivity contribution in [1.29, 1.82) is 0 Å². The molecule has 100 valence electrons. The highest BCUT2D eigenvalue weighted by molar-refractivity contribution is 5.66. The first-order chi connectivity index (χ1) is 8.27. The van der Waals surface area contributed by atoms with Crippen LogP contribution >= 0.6 is 0 Å². The minimum atomic E-state index is -0.707. The van der Waals surface area contributed by atoms with Crippen molar-refractivity contribution in [3.05, 3.63) is 12.2 Å². The topological polar surface area (TPSA) is 37.3 Å². The highest BCUT2D eigenvalue weighted by Gasteiger charge is 1.92. The Hall–Kier alpha value is -0.790. The lowest BCUT2D eigenvalue weighted by Crippen LogP contribution is -1.91. The molecular weight excluding hydrogens is 212 g/mol. The van der Waals surface area contributed by atoms with Gasteiger partial charge in [-0.1, -0.05) is 64.0 Å². The van der Waals surface area contributed by atoms with Gasteiger partial charge in [0.15, 0.2) is 0 Å². The monoisotopic (exact) mass is 240 g/mol. The number of aliphatic carboxylic acids is 1. The Labute approximate surface area is 106 Å². The van der Waals surface area contributed by atoms with Crippen molar-refractivity contribution < 1.29 is 9.90 Å². The van der Waals surface area contributed by atoms with Crippen molar-refractivity contribution in [2.45, 2.75) is 77.6 Å². The second kappa shape index (κ2) is 13.3. The van der Waals surface area contributed by atoms with Crippen LogP contribution in [-0.2, 0) is 4.79 Å². The number of carboxylic acids is 1. The van der Waals surface area contributed by atoms with E-state index < -0.39 is 5.97 Å². The van der Waals surface area contributed by atoms with Gasteiger partial charge in [0.1, 0.15) is 0 Å². The Bertz CT molecular complexity index is 197. The first-order valence-corrected chi connectivity index (χ1v) is 7.14. The third-order valence-electron chi connectivity index (χ3n) is 2.92. The van der Waals surface area contributed by atoms with Gasteiger partial charge in [0.2, 0.25) is 0 Å². The summed E-state index contributed by atoms with van der Waals surface area (Å²) in [6, 6.07) is 0. The standard InChI is InChI=1S/C15H28O2/c1-2-3-4-5-6-7-8-9-10-11-12-13-14-15(16)17/h11-12H,2-10,13-14H2,1H3,(H,16,17)/b12-11+. The molecule has 0 bridgehead atoms. The van der Waals surface area contributed by atoms with Gasteiger partial charge in [0, 0.05) is 6.42 Å². The van der Waals surface area contributed by atoms with Crippen LogP contribution in [0.2, 0.25) is 0 Å². The fraction of sp³-hybridized carbons (Fsp3) is 0.800. The highest BCUT2D eigenvalue weighted by Crippen LogP contribution is 2.09. The van der Waals surface area contributed by atoms with E-state index in [4.69, 9.17) is 5.11 Å². The molecule has 2 heteroatoms. The normalized spacial score (nSPS) is 11.1. The zero-order valence-electron chi connectivity index (χ0n) is 11.3. The fourth-order valence-corrected chi connectivity index (χ4v) is 1.84. The van der Waals surface area contributed by atoms with Crippen LogP contribution < -0.4 is 0 Å². The van der Waals surface area contributed by atoms with Crippen molar-refractivity contribution in [2.75, 3.05) is 0 Å². The number of unbranched alkanes of at least 4 members (excludes halogenated alkanes) is 8. The van der Waals surface area contributed by atoms with Crippen molar-refractivity contribution in [3.8, 4) is 0 Å². The molecule has 0 fully saturated rings. The van der Waals surface area contributed by atoms with Gasteiger partial charge < -0.3 is 5.11 Å². The Morgan fingerprint density at radius 2 is 1.41 bits per heavy atom.